The number of nitrogens with one attached hydrogen (secondary N) is 1. The van der Waals surface area contributed by atoms with Gasteiger partial charge in [0.2, 0.25) is 5.91 Å². The first-order valence-electron chi connectivity index (χ1n) is 6.04. The summed E-state index contributed by atoms with van der Waals surface area (Å²) >= 11 is 0. The Bertz CT molecular complexity index is 546. The van der Waals surface area contributed by atoms with Gasteiger partial charge in [0.1, 0.15) is 11.5 Å². The van der Waals surface area contributed by atoms with Crippen molar-refractivity contribution in [3.63, 3.8) is 0 Å². The summed E-state index contributed by atoms with van der Waals surface area (Å²) in [5.41, 5.74) is 3.81. The summed E-state index contributed by atoms with van der Waals surface area (Å²) in [5, 5.41) is 2.35. The maximum Gasteiger partial charge on any atom is 0.433 e. The Kier molecular flexibility index (Phi) is 5.12. The average molecular weight is 304 g/mol. The number of alkyl halides is 3. The van der Waals surface area contributed by atoms with Crippen molar-refractivity contribution in [2.75, 3.05) is 25.0 Å². The molecule has 0 saturated carbocycles. The summed E-state index contributed by atoms with van der Waals surface area (Å²) < 4.78 is 38.2. The van der Waals surface area contributed by atoms with Crippen LogP contribution < -0.4 is 16.0 Å². The number of nitrogens with zero attached hydrogens (tertiary/aromatic N) is 2. The van der Waals surface area contributed by atoms with Gasteiger partial charge in [-0.1, -0.05) is 0 Å². The number of anilines is 1. The fourth-order valence-electron chi connectivity index (χ4n) is 1.63. The van der Waals surface area contributed by atoms with Crippen molar-refractivity contribution in [1.29, 1.82) is 0 Å². The van der Waals surface area contributed by atoms with E-state index in [9.17, 15) is 22.8 Å². The molecule has 21 heavy (non-hydrogen) atoms. The Morgan fingerprint density at radius 3 is 2.43 bits per heavy atom. The third-order valence-electron chi connectivity index (χ3n) is 2.73. The molecule has 0 atom stereocenters. The molecule has 0 unspecified atom stereocenters. The second-order valence-corrected chi connectivity index (χ2v) is 4.12. The summed E-state index contributed by atoms with van der Waals surface area (Å²) in [6, 6.07) is 1.64. The molecule has 9 heteroatoms. The van der Waals surface area contributed by atoms with Crippen molar-refractivity contribution < 1.29 is 22.8 Å². The number of primary amides is 1. The molecule has 1 aromatic rings. The van der Waals surface area contributed by atoms with E-state index in [2.05, 4.69) is 10.3 Å². The summed E-state index contributed by atoms with van der Waals surface area (Å²) in [6.07, 6.45) is -4.66. The molecule has 0 aliphatic carbocycles. The van der Waals surface area contributed by atoms with E-state index in [1.807, 2.05) is 0 Å². The third kappa shape index (κ3) is 4.07. The molecule has 0 bridgehead atoms. The van der Waals surface area contributed by atoms with Crippen LogP contribution in [0.2, 0.25) is 0 Å². The van der Waals surface area contributed by atoms with Crippen LogP contribution in [0.15, 0.2) is 12.1 Å². The van der Waals surface area contributed by atoms with Crippen molar-refractivity contribution in [3.8, 4) is 0 Å². The monoisotopic (exact) mass is 304 g/mol. The number of carbonyl (C=O) groups is 2. The molecular weight excluding hydrogens is 289 g/mol. The first kappa shape index (κ1) is 16.7. The van der Waals surface area contributed by atoms with Crippen molar-refractivity contribution in [2.45, 2.75) is 13.1 Å². The van der Waals surface area contributed by atoms with E-state index in [1.165, 1.54) is 11.9 Å². The van der Waals surface area contributed by atoms with Gasteiger partial charge in [0.05, 0.1) is 12.1 Å². The van der Waals surface area contributed by atoms with Gasteiger partial charge >= 0.3 is 6.18 Å². The van der Waals surface area contributed by atoms with E-state index in [0.29, 0.717) is 6.07 Å². The van der Waals surface area contributed by atoms with Gasteiger partial charge in [-0.2, -0.15) is 13.2 Å². The normalized spacial score (nSPS) is 11.1. The quantitative estimate of drug-likeness (QED) is 0.841. The molecule has 0 aliphatic heterocycles. The fraction of sp³-hybridized carbons (Fsp3) is 0.417. The van der Waals surface area contributed by atoms with E-state index < -0.39 is 23.7 Å². The lowest BCUT2D eigenvalue weighted by atomic mass is 10.2. The van der Waals surface area contributed by atoms with Crippen LogP contribution in [0.4, 0.5) is 19.0 Å². The third-order valence-corrected chi connectivity index (χ3v) is 2.73. The van der Waals surface area contributed by atoms with E-state index in [1.54, 1.807) is 6.92 Å². The van der Waals surface area contributed by atoms with E-state index in [4.69, 9.17) is 5.73 Å². The van der Waals surface area contributed by atoms with Gasteiger partial charge in [-0.25, -0.2) is 4.98 Å². The Morgan fingerprint density at radius 2 is 2.00 bits per heavy atom. The van der Waals surface area contributed by atoms with Crippen molar-refractivity contribution in [2.24, 2.45) is 5.73 Å². The predicted molar refractivity (Wildman–Crippen MR) is 69.7 cm³/mol. The van der Waals surface area contributed by atoms with Crippen LogP contribution in [-0.4, -0.2) is 36.9 Å². The number of pyridine rings is 1. The van der Waals surface area contributed by atoms with Crippen molar-refractivity contribution >= 4 is 17.6 Å². The Morgan fingerprint density at radius 1 is 1.38 bits per heavy atom. The zero-order valence-corrected chi connectivity index (χ0v) is 11.5. The molecule has 0 fully saturated rings. The largest absolute Gasteiger partial charge is 0.433 e. The number of nitrogens with two attached hydrogens (primary N) is 1. The number of aromatic nitrogens is 1. The summed E-state index contributed by atoms with van der Waals surface area (Å²) in [5.74, 6) is -1.60. The molecule has 1 aromatic heterocycles. The summed E-state index contributed by atoms with van der Waals surface area (Å²) in [6.45, 7) is 1.57. The second kappa shape index (κ2) is 6.42. The van der Waals surface area contributed by atoms with Crippen molar-refractivity contribution in [3.05, 3.63) is 23.4 Å². The number of halogens is 3. The minimum atomic E-state index is -4.66. The van der Waals surface area contributed by atoms with E-state index in [0.717, 1.165) is 6.07 Å². The van der Waals surface area contributed by atoms with Crippen LogP contribution in [0.25, 0.3) is 0 Å². The topological polar surface area (TPSA) is 88.3 Å². The molecule has 1 heterocycles. The molecule has 0 spiro atoms. The first-order valence-corrected chi connectivity index (χ1v) is 6.04. The van der Waals surface area contributed by atoms with Crippen LogP contribution in [0.1, 0.15) is 23.0 Å². The molecule has 1 rings (SSSR count). The molecule has 0 aromatic carbocycles. The predicted octanol–water partition coefficient (Wildman–Crippen LogP) is 0.772. The van der Waals surface area contributed by atoms with Crippen LogP contribution in [0.5, 0.6) is 0 Å². The smallest absolute Gasteiger partial charge is 0.365 e. The SMILES string of the molecule is CCN(CC(=O)NC)c1nc(C(F)(F)F)ccc1C(N)=O. The lowest BCUT2D eigenvalue weighted by Gasteiger charge is -2.23. The van der Waals surface area contributed by atoms with Gasteiger partial charge in [-0.15, -0.1) is 0 Å². The highest BCUT2D eigenvalue weighted by atomic mass is 19.4. The molecule has 116 valence electrons. The lowest BCUT2D eigenvalue weighted by Crippen LogP contribution is -2.37. The van der Waals surface area contributed by atoms with Gasteiger partial charge in [0, 0.05) is 13.6 Å². The Hall–Kier alpha value is -2.32. The maximum atomic E-state index is 12.7. The highest BCUT2D eigenvalue weighted by molar-refractivity contribution is 5.98. The van der Waals surface area contributed by atoms with Gasteiger partial charge in [0.15, 0.2) is 0 Å². The summed E-state index contributed by atoms with van der Waals surface area (Å²) in [7, 11) is 1.39. The zero-order chi connectivity index (χ0) is 16.2. The van der Waals surface area contributed by atoms with Crippen LogP contribution in [-0.2, 0) is 11.0 Å². The molecule has 0 radical (unpaired) electrons. The van der Waals surface area contributed by atoms with E-state index >= 15 is 0 Å². The minimum absolute atomic E-state index is 0.172. The van der Waals surface area contributed by atoms with Crippen LogP contribution >= 0.6 is 0 Å². The zero-order valence-electron chi connectivity index (χ0n) is 11.5. The first-order chi connectivity index (χ1) is 9.70. The van der Waals surface area contributed by atoms with E-state index in [-0.39, 0.29) is 24.5 Å². The number of likely N-dealkylation sites (N-methyl/N-ethyl adjacent to an activating group) is 2. The number of carbonyl (C=O) groups excluding carboxylic acids is 2. The number of hydrogen-bond acceptors (Lipinski definition) is 4. The van der Waals surface area contributed by atoms with Gasteiger partial charge in [0.25, 0.3) is 5.91 Å². The molecule has 0 saturated heterocycles. The molecular formula is C12H15F3N4O2. The highest BCUT2D eigenvalue weighted by Gasteiger charge is 2.34. The highest BCUT2D eigenvalue weighted by Crippen LogP contribution is 2.30. The summed E-state index contributed by atoms with van der Waals surface area (Å²) in [4.78, 5) is 27.4. The maximum absolute atomic E-state index is 12.7. The van der Waals surface area contributed by atoms with Gasteiger partial charge in [-0.3, -0.25) is 9.59 Å². The minimum Gasteiger partial charge on any atom is -0.365 e. The number of amides is 2. The molecule has 2 amide bonds. The van der Waals surface area contributed by atoms with Crippen molar-refractivity contribution in [1.82, 2.24) is 10.3 Å². The second-order valence-electron chi connectivity index (χ2n) is 4.12. The fourth-order valence-corrected chi connectivity index (χ4v) is 1.63. The number of hydrogen-bond donors (Lipinski definition) is 2. The molecule has 6 nitrogen and oxygen atoms in total. The Labute approximate surface area is 119 Å². The average Bonchev–Trinajstić information content (AvgIpc) is 2.42. The molecule has 3 N–H and O–H groups in total. The lowest BCUT2D eigenvalue weighted by molar-refractivity contribution is -0.141. The van der Waals surface area contributed by atoms with Crippen LogP contribution in [0, 0.1) is 0 Å². The molecule has 0 aliphatic rings. The van der Waals surface area contributed by atoms with Gasteiger partial charge < -0.3 is 16.0 Å². The van der Waals surface area contributed by atoms with Gasteiger partial charge in [-0.05, 0) is 19.1 Å². The number of rotatable bonds is 5. The van der Waals surface area contributed by atoms with Crippen LogP contribution in [0.3, 0.4) is 0 Å². The standard InChI is InChI=1S/C12H15F3N4O2/c1-3-19(6-9(20)17-2)11-7(10(16)21)4-5-8(18-11)12(13,14)15/h4-5H,3,6H2,1-2H3,(H2,16,21)(H,17,20). The Balaban J connectivity index is 3.33.